The number of urea groups is 1. The van der Waals surface area contributed by atoms with Crippen LogP contribution in [0.25, 0.3) is 0 Å². The maximum Gasteiger partial charge on any atom is 0.319 e. The van der Waals surface area contributed by atoms with E-state index in [0.29, 0.717) is 31.1 Å². The number of carbonyl (C=O) groups is 1. The number of nitrogens with one attached hydrogen (secondary N) is 2. The third kappa shape index (κ3) is 4.35. The average Bonchev–Trinajstić information content (AvgIpc) is 2.54. The largest absolute Gasteiger partial charge is 0.383 e. The van der Waals surface area contributed by atoms with Crippen molar-refractivity contribution in [1.82, 2.24) is 5.32 Å². The molecule has 2 rings (SSSR count). The van der Waals surface area contributed by atoms with Crippen molar-refractivity contribution in [3.63, 3.8) is 0 Å². The van der Waals surface area contributed by atoms with Crippen LogP contribution in [-0.2, 0) is 21.2 Å². The molecule has 0 radical (unpaired) electrons. The molecule has 128 valence electrons. The molecule has 0 saturated heterocycles. The van der Waals surface area contributed by atoms with Crippen molar-refractivity contribution in [3.05, 3.63) is 23.8 Å². The van der Waals surface area contributed by atoms with Gasteiger partial charge in [-0.2, -0.15) is 0 Å². The summed E-state index contributed by atoms with van der Waals surface area (Å²) in [4.78, 5) is 11.7. The molecule has 0 unspecified atom stereocenters. The summed E-state index contributed by atoms with van der Waals surface area (Å²) in [6.07, 6.45) is 1.57. The molecule has 8 heteroatoms. The molecular weight excluding hydrogens is 318 g/mol. The Morgan fingerprint density at radius 2 is 2.17 bits per heavy atom. The molecule has 1 aliphatic heterocycles. The van der Waals surface area contributed by atoms with Crippen molar-refractivity contribution in [3.8, 4) is 0 Å². The lowest BCUT2D eigenvalue weighted by molar-refractivity contribution is 0.198. The minimum atomic E-state index is -3.27. The molecule has 0 aliphatic carbocycles. The van der Waals surface area contributed by atoms with Gasteiger partial charge in [-0.25, -0.2) is 13.2 Å². The number of rotatable bonds is 6. The highest BCUT2D eigenvalue weighted by Crippen LogP contribution is 2.31. The lowest BCUT2D eigenvalue weighted by Crippen LogP contribution is -2.36. The molecule has 1 aromatic carbocycles. The van der Waals surface area contributed by atoms with E-state index in [1.807, 2.05) is 6.07 Å². The molecule has 0 bridgehead atoms. The highest BCUT2D eigenvalue weighted by molar-refractivity contribution is 7.92. The van der Waals surface area contributed by atoms with E-state index in [9.17, 15) is 13.2 Å². The second kappa shape index (κ2) is 7.65. The highest BCUT2D eigenvalue weighted by atomic mass is 32.2. The van der Waals surface area contributed by atoms with Gasteiger partial charge in [0, 0.05) is 25.9 Å². The molecule has 1 aromatic rings. The number of methoxy groups -OCH3 is 1. The number of sulfonamides is 1. The van der Waals surface area contributed by atoms with Gasteiger partial charge in [0.1, 0.15) is 0 Å². The lowest BCUT2D eigenvalue weighted by atomic mass is 10.0. The Morgan fingerprint density at radius 1 is 1.39 bits per heavy atom. The fourth-order valence-electron chi connectivity index (χ4n) is 2.53. The number of carbonyl (C=O) groups excluding carboxylic acids is 1. The molecule has 1 heterocycles. The van der Waals surface area contributed by atoms with Gasteiger partial charge < -0.3 is 15.4 Å². The maximum absolute atomic E-state index is 12.2. The van der Waals surface area contributed by atoms with Crippen LogP contribution in [0.2, 0.25) is 0 Å². The zero-order chi connectivity index (χ0) is 16.9. The minimum Gasteiger partial charge on any atom is -0.383 e. The quantitative estimate of drug-likeness (QED) is 0.769. The van der Waals surface area contributed by atoms with Crippen LogP contribution in [-0.4, -0.2) is 47.0 Å². The van der Waals surface area contributed by atoms with E-state index in [-0.39, 0.29) is 11.8 Å². The summed E-state index contributed by atoms with van der Waals surface area (Å²) in [5.41, 5.74) is 2.29. The van der Waals surface area contributed by atoms with Crippen molar-refractivity contribution in [2.75, 3.05) is 42.2 Å². The first-order valence-electron chi connectivity index (χ1n) is 7.65. The molecular formula is C15H23N3O4S. The van der Waals surface area contributed by atoms with Crippen LogP contribution in [0.4, 0.5) is 16.2 Å². The zero-order valence-corrected chi connectivity index (χ0v) is 14.3. The monoisotopic (exact) mass is 341 g/mol. The van der Waals surface area contributed by atoms with E-state index < -0.39 is 10.0 Å². The van der Waals surface area contributed by atoms with Crippen molar-refractivity contribution < 1.29 is 17.9 Å². The zero-order valence-electron chi connectivity index (χ0n) is 13.5. The van der Waals surface area contributed by atoms with Crippen LogP contribution >= 0.6 is 0 Å². The van der Waals surface area contributed by atoms with E-state index in [1.54, 1.807) is 26.2 Å². The number of ether oxygens (including phenoxy) is 1. The Balaban J connectivity index is 2.12. The van der Waals surface area contributed by atoms with Crippen LogP contribution in [0, 0.1) is 0 Å². The number of amides is 2. The molecule has 0 spiro atoms. The normalized spacial score (nSPS) is 14.3. The third-order valence-corrected chi connectivity index (χ3v) is 5.49. The smallest absolute Gasteiger partial charge is 0.319 e. The summed E-state index contributed by atoms with van der Waals surface area (Å²) in [6.45, 7) is 3.02. The summed E-state index contributed by atoms with van der Waals surface area (Å²) >= 11 is 0. The molecule has 2 N–H and O–H groups in total. The van der Waals surface area contributed by atoms with Crippen LogP contribution < -0.4 is 14.9 Å². The summed E-state index contributed by atoms with van der Waals surface area (Å²) < 4.78 is 30.7. The maximum atomic E-state index is 12.2. The molecule has 1 aliphatic rings. The van der Waals surface area contributed by atoms with Gasteiger partial charge in [0.25, 0.3) is 0 Å². The topological polar surface area (TPSA) is 87.7 Å². The van der Waals surface area contributed by atoms with E-state index >= 15 is 0 Å². The van der Waals surface area contributed by atoms with Crippen molar-refractivity contribution in [1.29, 1.82) is 0 Å². The molecule has 0 fully saturated rings. The second-order valence-corrected chi connectivity index (χ2v) is 7.48. The third-order valence-electron chi connectivity index (χ3n) is 3.71. The molecule has 0 atom stereocenters. The Labute approximate surface area is 137 Å². The summed E-state index contributed by atoms with van der Waals surface area (Å²) in [5, 5.41) is 5.42. The predicted molar refractivity (Wildman–Crippen MR) is 90.5 cm³/mol. The molecule has 23 heavy (non-hydrogen) atoms. The number of hydrogen-bond donors (Lipinski definition) is 2. The summed E-state index contributed by atoms with van der Waals surface area (Å²) in [5.74, 6) is 0.0777. The van der Waals surface area contributed by atoms with Crippen molar-refractivity contribution in [2.24, 2.45) is 0 Å². The van der Waals surface area contributed by atoms with Crippen LogP contribution in [0.5, 0.6) is 0 Å². The Morgan fingerprint density at radius 3 is 2.87 bits per heavy atom. The first kappa shape index (κ1) is 17.6. The number of nitrogens with zero attached hydrogens (tertiary/aromatic N) is 1. The predicted octanol–water partition coefficient (Wildman–Crippen LogP) is 1.56. The molecule has 7 nitrogen and oxygen atoms in total. The number of benzene rings is 1. The van der Waals surface area contributed by atoms with Gasteiger partial charge in [-0.05, 0) is 43.5 Å². The van der Waals surface area contributed by atoms with E-state index in [1.165, 1.54) is 4.31 Å². The van der Waals surface area contributed by atoms with Crippen LogP contribution in [0.1, 0.15) is 18.9 Å². The average molecular weight is 341 g/mol. The van der Waals surface area contributed by atoms with E-state index in [2.05, 4.69) is 10.6 Å². The SMILES string of the molecule is CCS(=O)(=O)N1CCCc2cc(NC(=O)NCCOC)ccc21. The van der Waals surface area contributed by atoms with Crippen LogP contribution in [0.3, 0.4) is 0 Å². The Kier molecular flexibility index (Phi) is 5.84. The van der Waals surface area contributed by atoms with Gasteiger partial charge in [-0.15, -0.1) is 0 Å². The van der Waals surface area contributed by atoms with Gasteiger partial charge in [0.2, 0.25) is 10.0 Å². The fraction of sp³-hybridized carbons (Fsp3) is 0.533. The first-order chi connectivity index (χ1) is 11.0. The van der Waals surface area contributed by atoms with Crippen molar-refractivity contribution in [2.45, 2.75) is 19.8 Å². The second-order valence-electron chi connectivity index (χ2n) is 5.29. The number of aryl methyl sites for hydroxylation is 1. The minimum absolute atomic E-state index is 0.0777. The van der Waals surface area contributed by atoms with Gasteiger partial charge in [0.15, 0.2) is 0 Å². The number of anilines is 2. The first-order valence-corrected chi connectivity index (χ1v) is 9.26. The van der Waals surface area contributed by atoms with Crippen molar-refractivity contribution >= 4 is 27.4 Å². The number of fused-ring (bicyclic) bond motifs is 1. The Bertz CT molecular complexity index is 661. The Hall–Kier alpha value is -1.80. The molecule has 0 aromatic heterocycles. The van der Waals surface area contributed by atoms with E-state index in [4.69, 9.17) is 4.74 Å². The van der Waals surface area contributed by atoms with Gasteiger partial charge in [0.05, 0.1) is 18.0 Å². The van der Waals surface area contributed by atoms with E-state index in [0.717, 1.165) is 18.4 Å². The van der Waals surface area contributed by atoms with Gasteiger partial charge in [-0.1, -0.05) is 0 Å². The summed E-state index contributed by atoms with van der Waals surface area (Å²) in [7, 11) is -1.70. The summed E-state index contributed by atoms with van der Waals surface area (Å²) in [6, 6.07) is 5.00. The van der Waals surface area contributed by atoms with Gasteiger partial charge >= 0.3 is 6.03 Å². The molecule has 0 saturated carbocycles. The lowest BCUT2D eigenvalue weighted by Gasteiger charge is -2.30. The van der Waals surface area contributed by atoms with Crippen LogP contribution in [0.15, 0.2) is 18.2 Å². The highest BCUT2D eigenvalue weighted by Gasteiger charge is 2.26. The molecule has 2 amide bonds. The van der Waals surface area contributed by atoms with Gasteiger partial charge in [-0.3, -0.25) is 4.31 Å². The fourth-order valence-corrected chi connectivity index (χ4v) is 3.72. The number of hydrogen-bond acceptors (Lipinski definition) is 4. The standard InChI is InChI=1S/C15H23N3O4S/c1-3-23(20,21)18-9-4-5-12-11-13(6-7-14(12)18)17-15(19)16-8-10-22-2/h6-7,11H,3-5,8-10H2,1-2H3,(H2,16,17,19).